The molecule has 0 spiro atoms. The highest BCUT2D eigenvalue weighted by Crippen LogP contribution is 2.45. The van der Waals surface area contributed by atoms with Crippen molar-refractivity contribution in [3.8, 4) is 0 Å². The molecule has 0 radical (unpaired) electrons. The zero-order valence-electron chi connectivity index (χ0n) is 10.00. The lowest BCUT2D eigenvalue weighted by Crippen LogP contribution is -2.41. The summed E-state index contributed by atoms with van der Waals surface area (Å²) in [5, 5.41) is 14.3. The first-order chi connectivity index (χ1) is 8.12. The molecule has 0 atom stereocenters. The quantitative estimate of drug-likeness (QED) is 0.588. The maximum Gasteiger partial charge on any atom is 0.314 e. The van der Waals surface area contributed by atoms with Crippen LogP contribution in [0.15, 0.2) is 0 Å². The first-order valence-electron chi connectivity index (χ1n) is 6.37. The van der Waals surface area contributed by atoms with Gasteiger partial charge in [0.05, 0.1) is 5.41 Å². The van der Waals surface area contributed by atoms with Crippen LogP contribution >= 0.6 is 0 Å². The van der Waals surface area contributed by atoms with E-state index in [1.165, 1.54) is 19.3 Å². The number of nitrogens with one attached hydrogen (secondary N) is 2. The zero-order valence-corrected chi connectivity index (χ0v) is 10.00. The van der Waals surface area contributed by atoms with Crippen LogP contribution in [0.25, 0.3) is 0 Å². The minimum Gasteiger partial charge on any atom is -0.481 e. The number of urea groups is 1. The van der Waals surface area contributed by atoms with Gasteiger partial charge in [-0.05, 0) is 31.6 Å². The van der Waals surface area contributed by atoms with Gasteiger partial charge in [-0.3, -0.25) is 4.79 Å². The Morgan fingerprint density at radius 1 is 1.24 bits per heavy atom. The van der Waals surface area contributed by atoms with Crippen molar-refractivity contribution >= 4 is 12.0 Å². The van der Waals surface area contributed by atoms with Crippen LogP contribution in [0.3, 0.4) is 0 Å². The number of hydrogen-bond donors (Lipinski definition) is 3. The van der Waals surface area contributed by atoms with Crippen LogP contribution in [0.2, 0.25) is 0 Å². The van der Waals surface area contributed by atoms with E-state index in [9.17, 15) is 9.59 Å². The number of hydrogen-bond acceptors (Lipinski definition) is 2. The standard InChI is InChI=1S/C12H20N2O3/c15-10(16)12(5-6-12)8-14-11(17)13-7-1-2-9-3-4-9/h9H,1-8H2,(H,15,16)(H2,13,14,17). The molecule has 2 aliphatic rings. The Balaban J connectivity index is 1.52. The molecule has 0 aromatic rings. The normalized spacial score (nSPS) is 20.7. The molecular formula is C12H20N2O3. The van der Waals surface area contributed by atoms with Gasteiger partial charge in [0.2, 0.25) is 0 Å². The first kappa shape index (κ1) is 12.2. The smallest absolute Gasteiger partial charge is 0.314 e. The van der Waals surface area contributed by atoms with Gasteiger partial charge in [-0.1, -0.05) is 12.8 Å². The first-order valence-corrected chi connectivity index (χ1v) is 6.37. The second-order valence-corrected chi connectivity index (χ2v) is 5.28. The predicted molar refractivity (Wildman–Crippen MR) is 62.7 cm³/mol. The Morgan fingerprint density at radius 3 is 2.47 bits per heavy atom. The van der Waals surface area contributed by atoms with E-state index in [0.29, 0.717) is 19.4 Å². The lowest BCUT2D eigenvalue weighted by molar-refractivity contribution is -0.143. The Kier molecular flexibility index (Phi) is 3.54. The summed E-state index contributed by atoms with van der Waals surface area (Å²) in [6.07, 6.45) is 6.23. The molecule has 2 saturated carbocycles. The molecule has 5 heteroatoms. The number of carboxylic acids is 1. The van der Waals surface area contributed by atoms with Gasteiger partial charge in [-0.15, -0.1) is 0 Å². The summed E-state index contributed by atoms with van der Waals surface area (Å²) in [7, 11) is 0. The topological polar surface area (TPSA) is 78.4 Å². The van der Waals surface area contributed by atoms with Gasteiger partial charge >= 0.3 is 12.0 Å². The maximum absolute atomic E-state index is 11.4. The van der Waals surface area contributed by atoms with Gasteiger partial charge in [0.1, 0.15) is 0 Å². The summed E-state index contributed by atoms with van der Waals surface area (Å²) >= 11 is 0. The third-order valence-electron chi connectivity index (χ3n) is 3.67. The van der Waals surface area contributed by atoms with Gasteiger partial charge in [0, 0.05) is 13.1 Å². The number of amides is 2. The van der Waals surface area contributed by atoms with Crippen LogP contribution in [0.1, 0.15) is 38.5 Å². The van der Waals surface area contributed by atoms with E-state index in [2.05, 4.69) is 10.6 Å². The predicted octanol–water partition coefficient (Wildman–Crippen LogP) is 1.34. The van der Waals surface area contributed by atoms with Crippen LogP contribution in [-0.4, -0.2) is 30.2 Å². The molecular weight excluding hydrogens is 220 g/mol. The number of carboxylic acid groups (broad SMARTS) is 1. The fraction of sp³-hybridized carbons (Fsp3) is 0.833. The molecule has 0 bridgehead atoms. The average molecular weight is 240 g/mol. The summed E-state index contributed by atoms with van der Waals surface area (Å²) in [4.78, 5) is 22.3. The molecule has 0 heterocycles. The van der Waals surface area contributed by atoms with Gasteiger partial charge in [0.25, 0.3) is 0 Å². The molecule has 5 nitrogen and oxygen atoms in total. The summed E-state index contributed by atoms with van der Waals surface area (Å²) in [5.41, 5.74) is -0.675. The molecule has 2 amide bonds. The molecule has 0 aliphatic heterocycles. The third-order valence-corrected chi connectivity index (χ3v) is 3.67. The van der Waals surface area contributed by atoms with E-state index in [0.717, 1.165) is 12.3 Å². The molecule has 96 valence electrons. The van der Waals surface area contributed by atoms with E-state index < -0.39 is 11.4 Å². The molecule has 17 heavy (non-hydrogen) atoms. The number of carbonyl (C=O) groups is 2. The molecule has 0 unspecified atom stereocenters. The van der Waals surface area contributed by atoms with Gasteiger partial charge < -0.3 is 15.7 Å². The molecule has 3 N–H and O–H groups in total. The van der Waals surface area contributed by atoms with Crippen molar-refractivity contribution in [2.75, 3.05) is 13.1 Å². The summed E-state index contributed by atoms with van der Waals surface area (Å²) < 4.78 is 0. The Labute approximate surface area is 101 Å². The summed E-state index contributed by atoms with van der Waals surface area (Å²) in [6.45, 7) is 0.930. The lowest BCUT2D eigenvalue weighted by atomic mass is 10.1. The monoisotopic (exact) mass is 240 g/mol. The highest BCUT2D eigenvalue weighted by atomic mass is 16.4. The van der Waals surface area contributed by atoms with Crippen LogP contribution in [0, 0.1) is 11.3 Å². The van der Waals surface area contributed by atoms with Crippen molar-refractivity contribution in [2.24, 2.45) is 11.3 Å². The Bertz CT molecular complexity index is 309. The van der Waals surface area contributed by atoms with Crippen molar-refractivity contribution < 1.29 is 14.7 Å². The summed E-state index contributed by atoms with van der Waals surface area (Å²) in [5.74, 6) is 0.0909. The minimum absolute atomic E-state index is 0.242. The maximum atomic E-state index is 11.4. The number of carbonyl (C=O) groups excluding carboxylic acids is 1. The van der Waals surface area contributed by atoms with Crippen molar-refractivity contribution in [1.29, 1.82) is 0 Å². The van der Waals surface area contributed by atoms with Crippen molar-refractivity contribution in [2.45, 2.75) is 38.5 Å². The zero-order chi connectivity index (χ0) is 12.3. The summed E-state index contributed by atoms with van der Waals surface area (Å²) in [6, 6.07) is -0.242. The number of aliphatic carboxylic acids is 1. The molecule has 2 aliphatic carbocycles. The molecule has 0 aromatic carbocycles. The highest BCUT2D eigenvalue weighted by molar-refractivity contribution is 5.80. The average Bonchev–Trinajstić information content (AvgIpc) is 3.15. The number of rotatable bonds is 7. The van der Waals surface area contributed by atoms with Gasteiger partial charge in [-0.2, -0.15) is 0 Å². The SMILES string of the molecule is O=C(NCCCC1CC1)NCC1(C(=O)O)CC1. The third kappa shape index (κ3) is 3.61. The van der Waals surface area contributed by atoms with Gasteiger partial charge in [-0.25, -0.2) is 4.79 Å². The van der Waals surface area contributed by atoms with Crippen molar-refractivity contribution in [3.63, 3.8) is 0 Å². The fourth-order valence-electron chi connectivity index (χ4n) is 1.93. The van der Waals surface area contributed by atoms with Crippen LogP contribution < -0.4 is 10.6 Å². The Morgan fingerprint density at radius 2 is 1.94 bits per heavy atom. The second-order valence-electron chi connectivity index (χ2n) is 5.28. The second kappa shape index (κ2) is 4.94. The van der Waals surface area contributed by atoms with E-state index in [4.69, 9.17) is 5.11 Å². The van der Waals surface area contributed by atoms with E-state index in [-0.39, 0.29) is 12.6 Å². The van der Waals surface area contributed by atoms with Gasteiger partial charge in [0.15, 0.2) is 0 Å². The minimum atomic E-state index is -0.800. The van der Waals surface area contributed by atoms with E-state index >= 15 is 0 Å². The van der Waals surface area contributed by atoms with Crippen molar-refractivity contribution in [3.05, 3.63) is 0 Å². The van der Waals surface area contributed by atoms with Crippen LogP contribution in [0.4, 0.5) is 4.79 Å². The van der Waals surface area contributed by atoms with Crippen LogP contribution in [0.5, 0.6) is 0 Å². The van der Waals surface area contributed by atoms with E-state index in [1.807, 2.05) is 0 Å². The Hall–Kier alpha value is -1.26. The largest absolute Gasteiger partial charge is 0.481 e. The van der Waals surface area contributed by atoms with Crippen molar-refractivity contribution in [1.82, 2.24) is 10.6 Å². The molecule has 0 saturated heterocycles. The van der Waals surface area contributed by atoms with E-state index in [1.54, 1.807) is 0 Å². The fourth-order valence-corrected chi connectivity index (χ4v) is 1.93. The lowest BCUT2D eigenvalue weighted by Gasteiger charge is -2.11. The molecule has 0 aromatic heterocycles. The molecule has 2 fully saturated rings. The van der Waals surface area contributed by atoms with Crippen LogP contribution in [-0.2, 0) is 4.79 Å². The highest BCUT2D eigenvalue weighted by Gasteiger charge is 2.50. The molecule has 2 rings (SSSR count).